The van der Waals surface area contributed by atoms with E-state index in [1.165, 1.54) is 0 Å². The van der Waals surface area contributed by atoms with Crippen LogP contribution in [-0.4, -0.2) is 12.6 Å². The molecular formula is C16H18O2. The third-order valence-electron chi connectivity index (χ3n) is 2.17. The highest BCUT2D eigenvalue weighted by atomic mass is 16.5. The summed E-state index contributed by atoms with van der Waals surface area (Å²) in [6.07, 6.45) is 11.5. The lowest BCUT2D eigenvalue weighted by Crippen LogP contribution is -2.02. The van der Waals surface area contributed by atoms with Gasteiger partial charge >= 0.3 is 5.97 Å². The molecule has 0 unspecified atom stereocenters. The van der Waals surface area contributed by atoms with Crippen molar-refractivity contribution in [1.82, 2.24) is 0 Å². The Labute approximate surface area is 108 Å². The lowest BCUT2D eigenvalue weighted by molar-refractivity contribution is -0.141. The Kier molecular flexibility index (Phi) is 6.98. The van der Waals surface area contributed by atoms with Crippen molar-refractivity contribution in [3.05, 3.63) is 66.3 Å². The zero-order valence-corrected chi connectivity index (χ0v) is 10.6. The minimum atomic E-state index is -0.215. The Morgan fingerprint density at radius 2 is 1.94 bits per heavy atom. The van der Waals surface area contributed by atoms with Crippen molar-refractivity contribution in [2.75, 3.05) is 6.61 Å². The van der Waals surface area contributed by atoms with Crippen LogP contribution >= 0.6 is 0 Å². The summed E-state index contributed by atoms with van der Waals surface area (Å²) in [4.78, 5) is 11.3. The van der Waals surface area contributed by atoms with Gasteiger partial charge in [-0.15, -0.1) is 0 Å². The first-order valence-electron chi connectivity index (χ1n) is 5.98. The molecule has 0 N–H and O–H groups in total. The third-order valence-corrected chi connectivity index (χ3v) is 2.17. The lowest BCUT2D eigenvalue weighted by Gasteiger charge is -1.97. The average Bonchev–Trinajstić information content (AvgIpc) is 2.40. The first-order chi connectivity index (χ1) is 8.83. The van der Waals surface area contributed by atoms with Crippen molar-refractivity contribution < 1.29 is 9.53 Å². The number of ether oxygens (including phenoxy) is 1. The molecule has 0 radical (unpaired) electrons. The fraction of sp³-hybridized carbons (Fsp3) is 0.188. The van der Waals surface area contributed by atoms with E-state index in [9.17, 15) is 4.79 Å². The maximum atomic E-state index is 11.3. The van der Waals surface area contributed by atoms with Gasteiger partial charge in [-0.2, -0.15) is 0 Å². The number of benzene rings is 1. The summed E-state index contributed by atoms with van der Waals surface area (Å²) in [6, 6.07) is 9.86. The van der Waals surface area contributed by atoms with Crippen molar-refractivity contribution >= 4 is 12.0 Å². The summed E-state index contributed by atoms with van der Waals surface area (Å²) in [7, 11) is 0. The van der Waals surface area contributed by atoms with Crippen LogP contribution < -0.4 is 0 Å². The van der Waals surface area contributed by atoms with Crippen LogP contribution in [0.15, 0.2) is 60.7 Å². The Balaban J connectivity index is 2.23. The summed E-state index contributed by atoms with van der Waals surface area (Å²) in [6.45, 7) is 2.26. The Morgan fingerprint density at radius 1 is 1.17 bits per heavy atom. The molecule has 94 valence electrons. The molecule has 1 aromatic carbocycles. The number of esters is 1. The van der Waals surface area contributed by atoms with Crippen molar-refractivity contribution in [2.45, 2.75) is 13.3 Å². The van der Waals surface area contributed by atoms with Crippen LogP contribution in [0.25, 0.3) is 6.08 Å². The van der Waals surface area contributed by atoms with Gasteiger partial charge in [0.15, 0.2) is 0 Å². The molecule has 18 heavy (non-hydrogen) atoms. The molecule has 2 nitrogen and oxygen atoms in total. The van der Waals surface area contributed by atoms with Gasteiger partial charge in [0.05, 0.1) is 6.42 Å². The van der Waals surface area contributed by atoms with Gasteiger partial charge in [0, 0.05) is 0 Å². The van der Waals surface area contributed by atoms with Crippen molar-refractivity contribution in [2.24, 2.45) is 0 Å². The highest BCUT2D eigenvalue weighted by Gasteiger charge is 1.96. The van der Waals surface area contributed by atoms with E-state index in [2.05, 4.69) is 0 Å². The molecule has 1 rings (SSSR count). The number of rotatable bonds is 6. The van der Waals surface area contributed by atoms with Gasteiger partial charge in [0.25, 0.3) is 0 Å². The molecule has 0 saturated carbocycles. The molecule has 2 heteroatoms. The Hall–Kier alpha value is -2.09. The van der Waals surface area contributed by atoms with E-state index >= 15 is 0 Å². The molecule has 0 atom stereocenters. The predicted molar refractivity (Wildman–Crippen MR) is 75.0 cm³/mol. The maximum Gasteiger partial charge on any atom is 0.309 e. The lowest BCUT2D eigenvalue weighted by atomic mass is 10.2. The fourth-order valence-electron chi connectivity index (χ4n) is 1.30. The molecule has 1 aromatic rings. The SMILES string of the molecule is C/C=C/C=C/COC(=O)C/C=C/c1ccccc1. The number of carbonyl (C=O) groups excluding carboxylic acids is 1. The number of carbonyl (C=O) groups is 1. The van der Waals surface area contributed by atoms with Gasteiger partial charge < -0.3 is 4.74 Å². The molecule has 0 fully saturated rings. The molecule has 0 aliphatic carbocycles. The summed E-state index contributed by atoms with van der Waals surface area (Å²) >= 11 is 0. The summed E-state index contributed by atoms with van der Waals surface area (Å²) in [5.74, 6) is -0.215. The van der Waals surface area contributed by atoms with Gasteiger partial charge in [0.1, 0.15) is 6.61 Å². The standard InChI is InChI=1S/C16H18O2/c1-2-3-4-8-14-18-16(17)13-9-12-15-10-6-5-7-11-15/h2-12H,13-14H2,1H3/b3-2+,8-4+,12-9+. The first kappa shape index (κ1) is 14.0. The molecular weight excluding hydrogens is 224 g/mol. The zero-order valence-electron chi connectivity index (χ0n) is 10.6. The van der Waals surface area contributed by atoms with Crippen LogP contribution in [0.1, 0.15) is 18.9 Å². The minimum absolute atomic E-state index is 0.215. The second kappa shape index (κ2) is 8.99. The number of allylic oxidation sites excluding steroid dienone is 3. The Morgan fingerprint density at radius 3 is 2.67 bits per heavy atom. The summed E-state index contributed by atoms with van der Waals surface area (Å²) in [5.41, 5.74) is 1.08. The van der Waals surface area contributed by atoms with E-state index in [-0.39, 0.29) is 5.97 Å². The van der Waals surface area contributed by atoms with E-state index in [1.54, 1.807) is 6.08 Å². The molecule has 0 aliphatic rings. The smallest absolute Gasteiger partial charge is 0.309 e. The molecule has 0 amide bonds. The molecule has 0 bridgehead atoms. The van der Waals surface area contributed by atoms with Crippen molar-refractivity contribution in [3.8, 4) is 0 Å². The molecule has 0 aromatic heterocycles. The van der Waals surface area contributed by atoms with Crippen LogP contribution in [0.3, 0.4) is 0 Å². The molecule has 0 heterocycles. The Bertz CT molecular complexity index is 428. The van der Waals surface area contributed by atoms with Gasteiger partial charge in [-0.1, -0.05) is 60.7 Å². The predicted octanol–water partition coefficient (Wildman–Crippen LogP) is 3.77. The average molecular weight is 242 g/mol. The van der Waals surface area contributed by atoms with Gasteiger partial charge in [-0.3, -0.25) is 4.79 Å². The summed E-state index contributed by atoms with van der Waals surface area (Å²) in [5, 5.41) is 0. The van der Waals surface area contributed by atoms with Crippen LogP contribution in [0.4, 0.5) is 0 Å². The van der Waals surface area contributed by atoms with E-state index in [0.29, 0.717) is 13.0 Å². The zero-order chi connectivity index (χ0) is 13.1. The van der Waals surface area contributed by atoms with E-state index in [4.69, 9.17) is 4.74 Å². The molecule has 0 aliphatic heterocycles. The third kappa shape index (κ3) is 6.48. The molecule has 0 spiro atoms. The van der Waals surface area contributed by atoms with Crippen LogP contribution in [0.5, 0.6) is 0 Å². The molecule has 0 saturated heterocycles. The van der Waals surface area contributed by atoms with Crippen LogP contribution in [-0.2, 0) is 9.53 Å². The number of hydrogen-bond donors (Lipinski definition) is 0. The summed E-state index contributed by atoms with van der Waals surface area (Å²) < 4.78 is 5.02. The quantitative estimate of drug-likeness (QED) is 0.560. The van der Waals surface area contributed by atoms with E-state index in [0.717, 1.165) is 5.56 Å². The second-order valence-corrected chi connectivity index (χ2v) is 3.65. The monoisotopic (exact) mass is 242 g/mol. The van der Waals surface area contributed by atoms with Crippen molar-refractivity contribution in [1.29, 1.82) is 0 Å². The van der Waals surface area contributed by atoms with E-state index in [1.807, 2.05) is 67.6 Å². The van der Waals surface area contributed by atoms with Crippen LogP contribution in [0, 0.1) is 0 Å². The van der Waals surface area contributed by atoms with Crippen molar-refractivity contribution in [3.63, 3.8) is 0 Å². The highest BCUT2D eigenvalue weighted by molar-refractivity contribution is 5.72. The van der Waals surface area contributed by atoms with Crippen LogP contribution in [0.2, 0.25) is 0 Å². The number of hydrogen-bond acceptors (Lipinski definition) is 2. The first-order valence-corrected chi connectivity index (χ1v) is 5.98. The van der Waals surface area contributed by atoms with Gasteiger partial charge in [-0.05, 0) is 18.6 Å². The van der Waals surface area contributed by atoms with Gasteiger partial charge in [0.2, 0.25) is 0 Å². The largest absolute Gasteiger partial charge is 0.461 e. The maximum absolute atomic E-state index is 11.3. The second-order valence-electron chi connectivity index (χ2n) is 3.65. The van der Waals surface area contributed by atoms with E-state index < -0.39 is 0 Å². The highest BCUT2D eigenvalue weighted by Crippen LogP contribution is 2.02. The minimum Gasteiger partial charge on any atom is -0.461 e. The topological polar surface area (TPSA) is 26.3 Å². The normalized spacial score (nSPS) is 11.6. The van der Waals surface area contributed by atoms with Gasteiger partial charge in [-0.25, -0.2) is 0 Å². The fourth-order valence-corrected chi connectivity index (χ4v) is 1.30.